The summed E-state index contributed by atoms with van der Waals surface area (Å²) in [7, 11) is 0. The van der Waals surface area contributed by atoms with Crippen LogP contribution in [0.15, 0.2) is 12.2 Å². The summed E-state index contributed by atoms with van der Waals surface area (Å²) in [5.74, 6) is -0.448. The predicted molar refractivity (Wildman–Crippen MR) is 315 cm³/mol. The Morgan fingerprint density at radius 2 is 0.667 bits per heavy atom. The molecular formula is C66H129NO5. The van der Waals surface area contributed by atoms with E-state index in [4.69, 9.17) is 4.74 Å². The molecule has 0 radical (unpaired) electrons. The lowest BCUT2D eigenvalue weighted by molar-refractivity contribution is -0.151. The first kappa shape index (κ1) is 70.6. The number of aliphatic hydroxyl groups is 2. The average Bonchev–Trinajstić information content (AvgIpc) is 3.37. The Morgan fingerprint density at radius 3 is 0.986 bits per heavy atom. The number of carbonyl (C=O) groups is 2. The molecule has 6 nitrogen and oxygen atoms in total. The molecule has 3 N–H and O–H groups in total. The number of nitrogens with one attached hydrogen (secondary N) is 1. The van der Waals surface area contributed by atoms with Crippen LogP contribution in [0.4, 0.5) is 0 Å². The highest BCUT2D eigenvalue weighted by Gasteiger charge is 2.24. The van der Waals surface area contributed by atoms with Gasteiger partial charge in [-0.2, -0.15) is 0 Å². The number of hydrogen-bond acceptors (Lipinski definition) is 5. The zero-order chi connectivity index (χ0) is 52.3. The molecule has 0 aliphatic heterocycles. The van der Waals surface area contributed by atoms with Gasteiger partial charge in [0.25, 0.3) is 0 Å². The van der Waals surface area contributed by atoms with E-state index in [2.05, 4.69) is 38.2 Å². The van der Waals surface area contributed by atoms with Crippen LogP contribution in [0, 0.1) is 0 Å². The van der Waals surface area contributed by atoms with E-state index in [1.54, 1.807) is 0 Å². The molecular weight excluding hydrogens is 887 g/mol. The van der Waals surface area contributed by atoms with Crippen LogP contribution in [0.5, 0.6) is 0 Å². The second-order valence-electron chi connectivity index (χ2n) is 22.9. The van der Waals surface area contributed by atoms with Gasteiger partial charge in [-0.25, -0.2) is 0 Å². The van der Waals surface area contributed by atoms with Crippen molar-refractivity contribution < 1.29 is 24.5 Å². The van der Waals surface area contributed by atoms with Gasteiger partial charge in [0.05, 0.1) is 25.2 Å². The minimum Gasteiger partial charge on any atom is -0.462 e. The average molecular weight is 1020 g/mol. The van der Waals surface area contributed by atoms with Crippen LogP contribution in [0.2, 0.25) is 0 Å². The van der Waals surface area contributed by atoms with Crippen molar-refractivity contribution in [3.8, 4) is 0 Å². The summed E-state index contributed by atoms with van der Waals surface area (Å²) in [5, 5.41) is 24.0. The Hall–Kier alpha value is -1.40. The molecule has 0 bridgehead atoms. The SMILES string of the molecule is CCCCCCCC/C=C/CCCCCCCCCC(CC(=O)NC(CO)C(O)CCCCCCCCCCCCCCCCCCC)OC(=O)CCCCCCCCCCCCCCCCCCCCC. The van der Waals surface area contributed by atoms with Crippen LogP contribution in [-0.2, 0) is 14.3 Å². The zero-order valence-corrected chi connectivity index (χ0v) is 49.1. The van der Waals surface area contributed by atoms with E-state index in [1.807, 2.05) is 0 Å². The van der Waals surface area contributed by atoms with E-state index in [0.717, 1.165) is 51.4 Å². The van der Waals surface area contributed by atoms with Crippen LogP contribution in [0.1, 0.15) is 374 Å². The van der Waals surface area contributed by atoms with Gasteiger partial charge in [0.1, 0.15) is 6.10 Å². The fraction of sp³-hybridized carbons (Fsp3) is 0.939. The lowest BCUT2D eigenvalue weighted by atomic mass is 10.0. The Balaban J connectivity index is 4.47. The largest absolute Gasteiger partial charge is 0.462 e. The molecule has 0 rings (SSSR count). The summed E-state index contributed by atoms with van der Waals surface area (Å²) >= 11 is 0. The molecule has 0 aromatic carbocycles. The van der Waals surface area contributed by atoms with Gasteiger partial charge in [-0.3, -0.25) is 9.59 Å². The smallest absolute Gasteiger partial charge is 0.306 e. The van der Waals surface area contributed by atoms with Gasteiger partial charge in [0.2, 0.25) is 5.91 Å². The maximum Gasteiger partial charge on any atom is 0.306 e. The van der Waals surface area contributed by atoms with Gasteiger partial charge in [-0.05, 0) is 51.4 Å². The van der Waals surface area contributed by atoms with Crippen molar-refractivity contribution >= 4 is 11.9 Å². The molecule has 3 atom stereocenters. The molecule has 6 heteroatoms. The highest BCUT2D eigenvalue weighted by molar-refractivity contribution is 5.77. The minimum absolute atomic E-state index is 0.0830. The number of unbranched alkanes of at least 4 members (excludes halogenated alkanes) is 47. The molecule has 0 heterocycles. The maximum atomic E-state index is 13.3. The van der Waals surface area contributed by atoms with Crippen LogP contribution in [0.3, 0.4) is 0 Å². The van der Waals surface area contributed by atoms with Crippen molar-refractivity contribution in [2.45, 2.75) is 392 Å². The van der Waals surface area contributed by atoms with Crippen LogP contribution in [0.25, 0.3) is 0 Å². The summed E-state index contributed by atoms with van der Waals surface area (Å²) in [6.07, 6.45) is 71.5. The fourth-order valence-electron chi connectivity index (χ4n) is 10.6. The number of aliphatic hydroxyl groups excluding tert-OH is 2. The predicted octanol–water partition coefficient (Wildman–Crippen LogP) is 20.8. The first-order valence-corrected chi connectivity index (χ1v) is 32.9. The second-order valence-corrected chi connectivity index (χ2v) is 22.9. The Morgan fingerprint density at radius 1 is 0.389 bits per heavy atom. The van der Waals surface area contributed by atoms with E-state index in [-0.39, 0.29) is 24.9 Å². The molecule has 0 fully saturated rings. The molecule has 0 aromatic rings. The Labute approximate surface area is 450 Å². The van der Waals surface area contributed by atoms with Crippen molar-refractivity contribution in [1.29, 1.82) is 0 Å². The van der Waals surface area contributed by atoms with Crippen molar-refractivity contribution in [2.24, 2.45) is 0 Å². The number of allylic oxidation sites excluding steroid dienone is 2. The molecule has 0 aromatic heterocycles. The van der Waals surface area contributed by atoms with Gasteiger partial charge in [-0.1, -0.05) is 322 Å². The molecule has 0 aliphatic rings. The van der Waals surface area contributed by atoms with Crippen molar-refractivity contribution in [3.63, 3.8) is 0 Å². The quantitative estimate of drug-likeness (QED) is 0.0320. The zero-order valence-electron chi connectivity index (χ0n) is 49.1. The van der Waals surface area contributed by atoms with E-state index < -0.39 is 18.2 Å². The van der Waals surface area contributed by atoms with Crippen LogP contribution < -0.4 is 5.32 Å². The third-order valence-corrected chi connectivity index (χ3v) is 15.6. The molecule has 0 spiro atoms. The number of esters is 1. The second kappa shape index (κ2) is 60.5. The van der Waals surface area contributed by atoms with E-state index in [1.165, 1.54) is 276 Å². The number of hydrogen-bond donors (Lipinski definition) is 3. The molecule has 0 saturated carbocycles. The third kappa shape index (κ3) is 54.8. The summed E-state index contributed by atoms with van der Waals surface area (Å²) < 4.78 is 6.00. The van der Waals surface area contributed by atoms with Crippen molar-refractivity contribution in [3.05, 3.63) is 12.2 Å². The minimum atomic E-state index is -0.785. The first-order chi connectivity index (χ1) is 35.5. The van der Waals surface area contributed by atoms with E-state index in [0.29, 0.717) is 19.3 Å². The molecule has 3 unspecified atom stereocenters. The molecule has 1 amide bonds. The lowest BCUT2D eigenvalue weighted by Crippen LogP contribution is -2.46. The van der Waals surface area contributed by atoms with Crippen LogP contribution in [-0.4, -0.2) is 46.9 Å². The number of carbonyl (C=O) groups excluding carboxylic acids is 2. The Bertz CT molecular complexity index is 1100. The lowest BCUT2D eigenvalue weighted by Gasteiger charge is -2.24. The Kier molecular flexibility index (Phi) is 59.3. The maximum absolute atomic E-state index is 13.3. The summed E-state index contributed by atoms with van der Waals surface area (Å²) in [5.41, 5.74) is 0. The normalized spacial score (nSPS) is 13.0. The number of rotatable bonds is 61. The first-order valence-electron chi connectivity index (χ1n) is 32.9. The highest BCUT2D eigenvalue weighted by atomic mass is 16.5. The van der Waals surface area contributed by atoms with Gasteiger partial charge in [0, 0.05) is 6.42 Å². The molecule has 0 saturated heterocycles. The summed E-state index contributed by atoms with van der Waals surface area (Å²) in [6, 6.07) is -0.699. The number of amides is 1. The van der Waals surface area contributed by atoms with E-state index >= 15 is 0 Å². The highest BCUT2D eigenvalue weighted by Crippen LogP contribution is 2.20. The number of ether oxygens (including phenoxy) is 1. The van der Waals surface area contributed by atoms with Crippen LogP contribution >= 0.6 is 0 Å². The van der Waals surface area contributed by atoms with Gasteiger partial charge < -0.3 is 20.3 Å². The van der Waals surface area contributed by atoms with E-state index in [9.17, 15) is 19.8 Å². The monoisotopic (exact) mass is 1020 g/mol. The fourth-order valence-corrected chi connectivity index (χ4v) is 10.6. The summed E-state index contributed by atoms with van der Waals surface area (Å²) in [6.45, 7) is 6.55. The summed E-state index contributed by atoms with van der Waals surface area (Å²) in [4.78, 5) is 26.4. The van der Waals surface area contributed by atoms with Gasteiger partial charge >= 0.3 is 5.97 Å². The molecule has 0 aliphatic carbocycles. The van der Waals surface area contributed by atoms with Gasteiger partial charge in [-0.15, -0.1) is 0 Å². The molecule has 72 heavy (non-hydrogen) atoms. The molecule has 428 valence electrons. The van der Waals surface area contributed by atoms with Crippen molar-refractivity contribution in [2.75, 3.05) is 6.61 Å². The third-order valence-electron chi connectivity index (χ3n) is 15.6. The van der Waals surface area contributed by atoms with Crippen molar-refractivity contribution in [1.82, 2.24) is 5.32 Å². The van der Waals surface area contributed by atoms with Gasteiger partial charge in [0.15, 0.2) is 0 Å². The topological polar surface area (TPSA) is 95.9 Å². The standard InChI is InChI=1S/C66H129NO5/c1-4-7-10-13-16-19-22-25-28-31-32-35-38-41-44-47-50-53-56-59-66(71)72-62(57-54-51-48-45-42-39-36-33-29-26-23-20-17-14-11-8-5-2)60-65(70)67-63(61-68)64(69)58-55-52-49-46-43-40-37-34-30-27-24-21-18-15-12-9-6-3/h26,29,62-64,68-69H,4-25,27-28,30-61H2,1-3H3,(H,67,70)/b29-26+.